The Labute approximate surface area is 153 Å². The lowest BCUT2D eigenvalue weighted by Gasteiger charge is -2.34. The zero-order chi connectivity index (χ0) is 18.8. The number of carbonyl (C=O) groups is 1. The fourth-order valence-corrected chi connectivity index (χ4v) is 3.10. The maximum absolute atomic E-state index is 12.9. The Hall–Kier alpha value is -1.44. The van der Waals surface area contributed by atoms with Gasteiger partial charge >= 0.3 is 12.3 Å². The number of nitrogens with one attached hydrogen (secondary N) is 1. The molecular formula is C17H22BrF3N2O2. The average Bonchev–Trinajstić information content (AvgIpc) is 2.44. The van der Waals surface area contributed by atoms with Gasteiger partial charge in [-0.2, -0.15) is 13.2 Å². The van der Waals surface area contributed by atoms with Gasteiger partial charge in [0.25, 0.3) is 0 Å². The molecular weight excluding hydrogens is 401 g/mol. The number of amides is 1. The van der Waals surface area contributed by atoms with Crippen molar-refractivity contribution in [1.29, 1.82) is 0 Å². The molecule has 140 valence electrons. The molecule has 1 N–H and O–H groups in total. The second kappa shape index (κ2) is 7.43. The monoisotopic (exact) mass is 422 g/mol. The highest BCUT2D eigenvalue weighted by Gasteiger charge is 2.32. The van der Waals surface area contributed by atoms with Gasteiger partial charge in [0.1, 0.15) is 5.60 Å². The van der Waals surface area contributed by atoms with E-state index in [4.69, 9.17) is 4.74 Å². The van der Waals surface area contributed by atoms with Gasteiger partial charge in [-0.15, -0.1) is 0 Å². The minimum atomic E-state index is -4.39. The molecule has 1 aromatic rings. The van der Waals surface area contributed by atoms with E-state index in [2.05, 4.69) is 21.2 Å². The van der Waals surface area contributed by atoms with Gasteiger partial charge in [0, 0.05) is 29.3 Å². The Kier molecular flexibility index (Phi) is 5.91. The van der Waals surface area contributed by atoms with E-state index in [1.807, 2.05) is 20.8 Å². The molecule has 1 aromatic carbocycles. The van der Waals surface area contributed by atoms with Gasteiger partial charge in [-0.05, 0) is 51.8 Å². The van der Waals surface area contributed by atoms with Crippen LogP contribution in [0.15, 0.2) is 22.7 Å². The number of anilines is 1. The molecule has 0 unspecified atom stereocenters. The number of carbonyl (C=O) groups excluding carboxylic acids is 1. The third-order valence-corrected chi connectivity index (χ3v) is 4.20. The standard InChI is InChI=1S/C17H22BrF3N2O2/c1-16(2,3)25-15(24)23-6-4-13(5-7-23)22-14-9-11(17(19,20)21)8-12(18)10-14/h8-10,13,22H,4-7H2,1-3H3. The minimum absolute atomic E-state index is 0.00840. The van der Waals surface area contributed by atoms with Crippen LogP contribution >= 0.6 is 15.9 Å². The Morgan fingerprint density at radius 1 is 1.20 bits per heavy atom. The first-order valence-corrected chi connectivity index (χ1v) is 8.85. The molecule has 1 aliphatic rings. The van der Waals surface area contributed by atoms with Gasteiger partial charge in [0.05, 0.1) is 5.56 Å². The second-order valence-corrected chi connectivity index (χ2v) is 8.03. The van der Waals surface area contributed by atoms with Crippen molar-refractivity contribution in [3.63, 3.8) is 0 Å². The molecule has 0 aliphatic carbocycles. The molecule has 4 nitrogen and oxygen atoms in total. The van der Waals surface area contributed by atoms with Crippen LogP contribution in [0.2, 0.25) is 0 Å². The lowest BCUT2D eigenvalue weighted by molar-refractivity contribution is -0.137. The molecule has 0 aromatic heterocycles. The summed E-state index contributed by atoms with van der Waals surface area (Å²) in [6.07, 6.45) is -3.45. The molecule has 1 aliphatic heterocycles. The molecule has 1 fully saturated rings. The molecule has 0 spiro atoms. The van der Waals surface area contributed by atoms with Crippen molar-refractivity contribution in [2.45, 2.75) is 51.4 Å². The second-order valence-electron chi connectivity index (χ2n) is 7.11. The number of hydrogen-bond acceptors (Lipinski definition) is 3. The summed E-state index contributed by atoms with van der Waals surface area (Å²) in [6.45, 7) is 6.44. The largest absolute Gasteiger partial charge is 0.444 e. The summed E-state index contributed by atoms with van der Waals surface area (Å²) in [5.74, 6) is 0. The predicted molar refractivity (Wildman–Crippen MR) is 93.6 cm³/mol. The Morgan fingerprint density at radius 2 is 1.80 bits per heavy atom. The quantitative estimate of drug-likeness (QED) is 0.704. The topological polar surface area (TPSA) is 41.6 Å². The van der Waals surface area contributed by atoms with Crippen LogP contribution in [0.3, 0.4) is 0 Å². The molecule has 25 heavy (non-hydrogen) atoms. The van der Waals surface area contributed by atoms with E-state index in [0.29, 0.717) is 36.1 Å². The van der Waals surface area contributed by atoms with E-state index in [1.54, 1.807) is 11.0 Å². The SMILES string of the molecule is CC(C)(C)OC(=O)N1CCC(Nc2cc(Br)cc(C(F)(F)F)c2)CC1. The number of rotatable bonds is 2. The van der Waals surface area contributed by atoms with Gasteiger partial charge in [-0.25, -0.2) is 4.79 Å². The fraction of sp³-hybridized carbons (Fsp3) is 0.588. The fourth-order valence-electron chi connectivity index (χ4n) is 2.61. The summed E-state index contributed by atoms with van der Waals surface area (Å²) in [5, 5.41) is 3.13. The average molecular weight is 423 g/mol. The van der Waals surface area contributed by atoms with Crippen LogP contribution in [0.1, 0.15) is 39.2 Å². The van der Waals surface area contributed by atoms with Crippen LogP contribution in [0.5, 0.6) is 0 Å². The highest BCUT2D eigenvalue weighted by Crippen LogP contribution is 2.34. The van der Waals surface area contributed by atoms with Crippen molar-refractivity contribution in [2.24, 2.45) is 0 Å². The normalized spacial score (nSPS) is 16.7. The van der Waals surface area contributed by atoms with E-state index in [0.717, 1.165) is 12.1 Å². The molecule has 0 saturated carbocycles. The molecule has 1 saturated heterocycles. The van der Waals surface area contributed by atoms with Crippen molar-refractivity contribution in [3.05, 3.63) is 28.2 Å². The lowest BCUT2D eigenvalue weighted by atomic mass is 10.0. The minimum Gasteiger partial charge on any atom is -0.444 e. The van der Waals surface area contributed by atoms with Crippen molar-refractivity contribution in [1.82, 2.24) is 4.90 Å². The van der Waals surface area contributed by atoms with Crippen LogP contribution < -0.4 is 5.32 Å². The Morgan fingerprint density at radius 3 is 2.32 bits per heavy atom. The molecule has 8 heteroatoms. The number of hydrogen-bond donors (Lipinski definition) is 1. The van der Waals surface area contributed by atoms with Gasteiger partial charge in [-0.3, -0.25) is 0 Å². The summed E-state index contributed by atoms with van der Waals surface area (Å²) in [5.41, 5.74) is -0.829. The maximum atomic E-state index is 12.9. The Bertz CT molecular complexity index is 621. The number of alkyl halides is 3. The van der Waals surface area contributed by atoms with Gasteiger partial charge in [-0.1, -0.05) is 15.9 Å². The number of benzene rings is 1. The first-order valence-electron chi connectivity index (χ1n) is 8.06. The van der Waals surface area contributed by atoms with Crippen LogP contribution in [0, 0.1) is 0 Å². The zero-order valence-corrected chi connectivity index (χ0v) is 16.0. The molecule has 2 rings (SSSR count). The van der Waals surface area contributed by atoms with Gasteiger partial charge in [0.15, 0.2) is 0 Å². The molecule has 1 heterocycles. The van der Waals surface area contributed by atoms with E-state index in [-0.39, 0.29) is 12.1 Å². The molecule has 0 bridgehead atoms. The summed E-state index contributed by atoms with van der Waals surface area (Å²) < 4.78 is 44.4. The number of nitrogens with zero attached hydrogens (tertiary/aromatic N) is 1. The van der Waals surface area contributed by atoms with Crippen molar-refractivity contribution in [2.75, 3.05) is 18.4 Å². The van der Waals surface area contributed by atoms with Crippen LogP contribution in [-0.2, 0) is 10.9 Å². The zero-order valence-electron chi connectivity index (χ0n) is 14.4. The van der Waals surface area contributed by atoms with Crippen molar-refractivity contribution in [3.8, 4) is 0 Å². The first-order chi connectivity index (χ1) is 11.4. The third-order valence-electron chi connectivity index (χ3n) is 3.74. The lowest BCUT2D eigenvalue weighted by Crippen LogP contribution is -2.44. The van der Waals surface area contributed by atoms with Crippen molar-refractivity contribution >= 4 is 27.7 Å². The van der Waals surface area contributed by atoms with Crippen LogP contribution in [0.4, 0.5) is 23.7 Å². The highest BCUT2D eigenvalue weighted by molar-refractivity contribution is 9.10. The molecule has 0 atom stereocenters. The third kappa shape index (κ3) is 6.09. The number of halogens is 4. The summed E-state index contributed by atoms with van der Waals surface area (Å²) >= 11 is 3.12. The predicted octanol–water partition coefficient (Wildman–Crippen LogP) is 5.28. The van der Waals surface area contributed by atoms with E-state index >= 15 is 0 Å². The smallest absolute Gasteiger partial charge is 0.416 e. The summed E-state index contributed by atoms with van der Waals surface area (Å²) in [4.78, 5) is 13.7. The Balaban J connectivity index is 1.94. The first kappa shape index (κ1) is 19.9. The van der Waals surface area contributed by atoms with Crippen LogP contribution in [0.25, 0.3) is 0 Å². The van der Waals surface area contributed by atoms with E-state index < -0.39 is 17.3 Å². The number of piperidine rings is 1. The van der Waals surface area contributed by atoms with Crippen LogP contribution in [-0.4, -0.2) is 35.7 Å². The molecule has 1 amide bonds. The van der Waals surface area contributed by atoms with E-state index in [1.165, 1.54) is 0 Å². The van der Waals surface area contributed by atoms with Crippen molar-refractivity contribution < 1.29 is 22.7 Å². The summed E-state index contributed by atoms with van der Waals surface area (Å²) in [6, 6.07) is 3.78. The number of likely N-dealkylation sites (tertiary alicyclic amines) is 1. The van der Waals surface area contributed by atoms with Gasteiger partial charge in [0.2, 0.25) is 0 Å². The molecule has 0 radical (unpaired) electrons. The maximum Gasteiger partial charge on any atom is 0.416 e. The summed E-state index contributed by atoms with van der Waals surface area (Å²) in [7, 11) is 0. The highest BCUT2D eigenvalue weighted by atomic mass is 79.9. The van der Waals surface area contributed by atoms with E-state index in [9.17, 15) is 18.0 Å². The number of ether oxygens (including phenoxy) is 1. The van der Waals surface area contributed by atoms with Gasteiger partial charge < -0.3 is 15.0 Å².